The summed E-state index contributed by atoms with van der Waals surface area (Å²) in [5.74, 6) is -3.31. The zero-order chi connectivity index (χ0) is 12.5. The van der Waals surface area contributed by atoms with E-state index in [9.17, 15) is 22.8 Å². The van der Waals surface area contributed by atoms with Gasteiger partial charge in [-0.25, -0.2) is 9.59 Å². The second kappa shape index (κ2) is 3.84. The summed E-state index contributed by atoms with van der Waals surface area (Å²) in [6, 6.07) is 1.62. The Balaban J connectivity index is 3.43. The van der Waals surface area contributed by atoms with Crippen molar-refractivity contribution in [1.29, 1.82) is 0 Å². The largest absolute Gasteiger partial charge is 0.478 e. The number of hydrogen-bond donors (Lipinski definition) is 2. The monoisotopic (exact) mass is 234 g/mol. The highest BCUT2D eigenvalue weighted by Gasteiger charge is 2.35. The number of halogens is 3. The Kier molecular flexibility index (Phi) is 2.88. The molecule has 1 aromatic carbocycles. The fraction of sp³-hybridized carbons (Fsp3) is 0.111. The molecule has 0 radical (unpaired) electrons. The number of carboxylic acids is 2. The van der Waals surface area contributed by atoms with E-state index in [1.807, 2.05) is 0 Å². The Bertz CT molecular complexity index is 451. The van der Waals surface area contributed by atoms with E-state index in [1.165, 1.54) is 0 Å². The van der Waals surface area contributed by atoms with Crippen LogP contribution in [0, 0.1) is 0 Å². The van der Waals surface area contributed by atoms with Gasteiger partial charge >= 0.3 is 18.1 Å². The predicted octanol–water partition coefficient (Wildman–Crippen LogP) is 2.10. The lowest BCUT2D eigenvalue weighted by atomic mass is 10.0. The highest BCUT2D eigenvalue weighted by molar-refractivity contribution is 5.95. The molecule has 86 valence electrons. The first-order valence-electron chi connectivity index (χ1n) is 3.91. The maximum absolute atomic E-state index is 12.3. The molecule has 7 heteroatoms. The van der Waals surface area contributed by atoms with Gasteiger partial charge in [-0.15, -0.1) is 0 Å². The summed E-state index contributed by atoms with van der Waals surface area (Å²) < 4.78 is 37.0. The van der Waals surface area contributed by atoms with Crippen LogP contribution in [0.25, 0.3) is 0 Å². The number of carboxylic acid groups (broad SMARTS) is 2. The summed E-state index contributed by atoms with van der Waals surface area (Å²) >= 11 is 0. The van der Waals surface area contributed by atoms with Crippen molar-refractivity contribution < 1.29 is 33.0 Å². The number of benzene rings is 1. The highest BCUT2D eigenvalue weighted by Crippen LogP contribution is 2.32. The molecule has 0 saturated carbocycles. The van der Waals surface area contributed by atoms with E-state index < -0.39 is 34.8 Å². The van der Waals surface area contributed by atoms with Gasteiger partial charge in [0.25, 0.3) is 0 Å². The Morgan fingerprint density at radius 1 is 1.06 bits per heavy atom. The SMILES string of the molecule is O=C(O)c1ccc(C(F)(F)F)c(C(=O)O)c1. The molecule has 0 unspecified atom stereocenters. The van der Waals surface area contributed by atoms with Crippen molar-refractivity contribution >= 4 is 11.9 Å². The lowest BCUT2D eigenvalue weighted by Crippen LogP contribution is -2.14. The van der Waals surface area contributed by atoms with Gasteiger partial charge in [-0.2, -0.15) is 13.2 Å². The molecular weight excluding hydrogens is 229 g/mol. The molecule has 0 fully saturated rings. The lowest BCUT2D eigenvalue weighted by molar-refractivity contribution is -0.138. The van der Waals surface area contributed by atoms with E-state index in [1.54, 1.807) is 0 Å². The third-order valence-corrected chi connectivity index (χ3v) is 1.80. The first-order chi connectivity index (χ1) is 7.23. The van der Waals surface area contributed by atoms with Gasteiger partial charge in [0.2, 0.25) is 0 Å². The molecule has 1 aromatic rings. The number of aromatic carboxylic acids is 2. The topological polar surface area (TPSA) is 74.6 Å². The van der Waals surface area contributed by atoms with Crippen LogP contribution >= 0.6 is 0 Å². The maximum atomic E-state index is 12.3. The molecule has 4 nitrogen and oxygen atoms in total. The summed E-state index contributed by atoms with van der Waals surface area (Å²) in [5, 5.41) is 17.1. The van der Waals surface area contributed by atoms with Crippen LogP contribution in [-0.2, 0) is 6.18 Å². The van der Waals surface area contributed by atoms with E-state index in [0.29, 0.717) is 18.2 Å². The zero-order valence-electron chi connectivity index (χ0n) is 7.58. The van der Waals surface area contributed by atoms with Crippen molar-refractivity contribution in [3.05, 3.63) is 34.9 Å². The van der Waals surface area contributed by atoms with E-state index in [2.05, 4.69) is 0 Å². The number of rotatable bonds is 2. The van der Waals surface area contributed by atoms with Crippen LogP contribution in [0.3, 0.4) is 0 Å². The molecule has 0 aliphatic heterocycles. The molecule has 0 aliphatic rings. The minimum absolute atomic E-state index is 0.437. The third-order valence-electron chi connectivity index (χ3n) is 1.80. The van der Waals surface area contributed by atoms with Crippen molar-refractivity contribution in [3.8, 4) is 0 Å². The smallest absolute Gasteiger partial charge is 0.417 e. The fourth-order valence-electron chi connectivity index (χ4n) is 1.10. The van der Waals surface area contributed by atoms with Crippen LogP contribution in [0.4, 0.5) is 13.2 Å². The molecule has 0 aliphatic carbocycles. The zero-order valence-corrected chi connectivity index (χ0v) is 7.58. The maximum Gasteiger partial charge on any atom is 0.417 e. The van der Waals surface area contributed by atoms with Gasteiger partial charge < -0.3 is 10.2 Å². The van der Waals surface area contributed by atoms with E-state index >= 15 is 0 Å². The van der Waals surface area contributed by atoms with Gasteiger partial charge in [0.15, 0.2) is 0 Å². The van der Waals surface area contributed by atoms with E-state index in [0.717, 1.165) is 0 Å². The van der Waals surface area contributed by atoms with Gasteiger partial charge in [-0.1, -0.05) is 0 Å². The molecule has 0 saturated heterocycles. The molecule has 1 rings (SSSR count). The second-order valence-electron chi connectivity index (χ2n) is 2.87. The molecule has 0 aromatic heterocycles. The van der Waals surface area contributed by atoms with E-state index in [4.69, 9.17) is 10.2 Å². The number of hydrogen-bond acceptors (Lipinski definition) is 2. The van der Waals surface area contributed by atoms with Crippen molar-refractivity contribution in [2.24, 2.45) is 0 Å². The van der Waals surface area contributed by atoms with Crippen molar-refractivity contribution in [2.45, 2.75) is 6.18 Å². The minimum Gasteiger partial charge on any atom is -0.478 e. The van der Waals surface area contributed by atoms with E-state index in [-0.39, 0.29) is 0 Å². The van der Waals surface area contributed by atoms with Crippen LogP contribution < -0.4 is 0 Å². The average Bonchev–Trinajstić information content (AvgIpc) is 2.15. The summed E-state index contributed by atoms with van der Waals surface area (Å²) in [5.41, 5.74) is -2.96. The molecule has 0 atom stereocenters. The predicted molar refractivity (Wildman–Crippen MR) is 45.4 cm³/mol. The van der Waals surface area contributed by atoms with Crippen LogP contribution in [0.15, 0.2) is 18.2 Å². The molecule has 0 spiro atoms. The van der Waals surface area contributed by atoms with Crippen LogP contribution in [0.2, 0.25) is 0 Å². The molecule has 0 heterocycles. The second-order valence-corrected chi connectivity index (χ2v) is 2.87. The first kappa shape index (κ1) is 12.0. The third kappa shape index (κ3) is 2.30. The summed E-state index contributed by atoms with van der Waals surface area (Å²) in [4.78, 5) is 21.0. The quantitative estimate of drug-likeness (QED) is 0.821. The van der Waals surface area contributed by atoms with Crippen molar-refractivity contribution in [3.63, 3.8) is 0 Å². The normalized spacial score (nSPS) is 11.2. The molecule has 0 amide bonds. The Labute approximate surface area is 86.9 Å². The van der Waals surface area contributed by atoms with Gasteiger partial charge in [-0.3, -0.25) is 0 Å². The minimum atomic E-state index is -4.83. The molecule has 2 N–H and O–H groups in total. The lowest BCUT2D eigenvalue weighted by Gasteiger charge is -2.10. The van der Waals surface area contributed by atoms with Crippen LogP contribution in [-0.4, -0.2) is 22.2 Å². The van der Waals surface area contributed by atoms with Crippen molar-refractivity contribution in [1.82, 2.24) is 0 Å². The van der Waals surface area contributed by atoms with Crippen molar-refractivity contribution in [2.75, 3.05) is 0 Å². The highest BCUT2D eigenvalue weighted by atomic mass is 19.4. The average molecular weight is 234 g/mol. The summed E-state index contributed by atoms with van der Waals surface area (Å²) in [6.45, 7) is 0. The van der Waals surface area contributed by atoms with Gasteiger partial charge in [0, 0.05) is 0 Å². The standard InChI is InChI=1S/C9H5F3O4/c10-9(11,12)6-2-1-4(7(13)14)3-5(6)8(15)16/h1-3H,(H,13,14)(H,15,16). The molecule has 0 bridgehead atoms. The first-order valence-corrected chi connectivity index (χ1v) is 3.91. The Morgan fingerprint density at radius 2 is 1.62 bits per heavy atom. The van der Waals surface area contributed by atoms with Gasteiger partial charge in [0.05, 0.1) is 16.7 Å². The summed E-state index contributed by atoms with van der Waals surface area (Å²) in [7, 11) is 0. The Morgan fingerprint density at radius 3 is 2.00 bits per heavy atom. The van der Waals surface area contributed by atoms with Gasteiger partial charge in [-0.05, 0) is 18.2 Å². The number of alkyl halides is 3. The molecular formula is C9H5F3O4. The number of carbonyl (C=O) groups is 2. The fourth-order valence-corrected chi connectivity index (χ4v) is 1.10. The summed E-state index contributed by atoms with van der Waals surface area (Å²) in [6.07, 6.45) is -4.83. The van der Waals surface area contributed by atoms with Crippen LogP contribution in [0.1, 0.15) is 26.3 Å². The van der Waals surface area contributed by atoms with Gasteiger partial charge in [0.1, 0.15) is 0 Å². The molecule has 16 heavy (non-hydrogen) atoms. The van der Waals surface area contributed by atoms with Crippen LogP contribution in [0.5, 0.6) is 0 Å². The Hall–Kier alpha value is -2.05.